The number of nitrogens with zero attached hydrogens (tertiary/aromatic N) is 2. The number of para-hydroxylation sites is 1. The molecule has 28 heavy (non-hydrogen) atoms. The zero-order valence-electron chi connectivity index (χ0n) is 16.2. The number of hydrogen-bond donors (Lipinski definition) is 1. The first-order valence-electron chi connectivity index (χ1n) is 10.4. The second-order valence-electron chi connectivity index (χ2n) is 7.78. The van der Waals surface area contributed by atoms with Gasteiger partial charge in [0, 0.05) is 30.0 Å². The minimum atomic E-state index is -0.142. The summed E-state index contributed by atoms with van der Waals surface area (Å²) in [6.45, 7) is 0.677. The van der Waals surface area contributed by atoms with E-state index >= 15 is 0 Å². The largest absolute Gasteiger partial charge is 0.349 e. The van der Waals surface area contributed by atoms with Crippen molar-refractivity contribution in [1.29, 1.82) is 0 Å². The first-order valence-corrected chi connectivity index (χ1v) is 10.4. The maximum Gasteiger partial charge on any atom is 0.276 e. The average Bonchev–Trinajstić information content (AvgIpc) is 3.01. The van der Waals surface area contributed by atoms with Crippen LogP contribution in [0.25, 0.3) is 0 Å². The number of pyridine rings is 1. The van der Waals surface area contributed by atoms with Gasteiger partial charge < -0.3 is 10.2 Å². The second kappa shape index (κ2) is 8.55. The molecule has 2 aliphatic rings. The smallest absolute Gasteiger partial charge is 0.276 e. The van der Waals surface area contributed by atoms with Gasteiger partial charge in [-0.05, 0) is 49.4 Å². The Labute approximate surface area is 166 Å². The van der Waals surface area contributed by atoms with E-state index in [1.807, 2.05) is 18.2 Å². The van der Waals surface area contributed by atoms with Crippen LogP contribution >= 0.6 is 0 Å². The van der Waals surface area contributed by atoms with Gasteiger partial charge in [-0.15, -0.1) is 0 Å². The normalized spacial score (nSPS) is 17.5. The molecule has 1 aromatic heterocycles. The lowest BCUT2D eigenvalue weighted by atomic mass is 10.0. The molecule has 5 heteroatoms. The van der Waals surface area contributed by atoms with E-state index in [1.54, 1.807) is 23.2 Å². The molecule has 1 saturated carbocycles. The standard InChI is InChI=1S/C23H27N3O2/c27-22(25-19-10-3-1-2-4-11-19)18-13-14-24-20(16-18)23(28)26-15-7-9-17-8-5-6-12-21(17)26/h5-6,8,12-14,16,19H,1-4,7,9-11,15H2,(H,25,27). The van der Waals surface area contributed by atoms with E-state index in [0.717, 1.165) is 31.4 Å². The van der Waals surface area contributed by atoms with Crippen LogP contribution in [0.15, 0.2) is 42.6 Å². The summed E-state index contributed by atoms with van der Waals surface area (Å²) in [7, 11) is 0. The summed E-state index contributed by atoms with van der Waals surface area (Å²) in [5.74, 6) is -0.251. The van der Waals surface area contributed by atoms with Gasteiger partial charge in [0.2, 0.25) is 0 Å². The highest BCUT2D eigenvalue weighted by Crippen LogP contribution is 2.28. The summed E-state index contributed by atoms with van der Waals surface area (Å²) in [4.78, 5) is 31.9. The van der Waals surface area contributed by atoms with Gasteiger partial charge in [0.1, 0.15) is 5.69 Å². The van der Waals surface area contributed by atoms with Gasteiger partial charge in [0.15, 0.2) is 0 Å². The van der Waals surface area contributed by atoms with Crippen molar-refractivity contribution < 1.29 is 9.59 Å². The third kappa shape index (κ3) is 4.08. The van der Waals surface area contributed by atoms with Crippen LogP contribution in [0, 0.1) is 0 Å². The van der Waals surface area contributed by atoms with Crippen LogP contribution in [0.5, 0.6) is 0 Å². The summed E-state index contributed by atoms with van der Waals surface area (Å²) < 4.78 is 0. The first kappa shape index (κ1) is 18.7. The predicted octanol–water partition coefficient (Wildman–Crippen LogP) is 4.13. The average molecular weight is 377 g/mol. The predicted molar refractivity (Wildman–Crippen MR) is 110 cm³/mol. The SMILES string of the molecule is O=C(NC1CCCCCC1)c1ccnc(C(=O)N2CCCc3ccccc32)c1. The van der Waals surface area contributed by atoms with Crippen molar-refractivity contribution in [2.24, 2.45) is 0 Å². The third-order valence-electron chi connectivity index (χ3n) is 5.79. The maximum atomic E-state index is 13.1. The van der Waals surface area contributed by atoms with Crippen molar-refractivity contribution in [3.05, 3.63) is 59.4 Å². The monoisotopic (exact) mass is 377 g/mol. The van der Waals surface area contributed by atoms with Crippen molar-refractivity contribution in [2.75, 3.05) is 11.4 Å². The third-order valence-corrected chi connectivity index (χ3v) is 5.79. The topological polar surface area (TPSA) is 62.3 Å². The zero-order chi connectivity index (χ0) is 19.3. The van der Waals surface area contributed by atoms with Crippen LogP contribution < -0.4 is 10.2 Å². The molecule has 4 rings (SSSR count). The van der Waals surface area contributed by atoms with Gasteiger partial charge in [-0.1, -0.05) is 43.9 Å². The highest BCUT2D eigenvalue weighted by Gasteiger charge is 2.25. The van der Waals surface area contributed by atoms with Crippen LogP contribution in [-0.2, 0) is 6.42 Å². The fourth-order valence-corrected chi connectivity index (χ4v) is 4.26. The number of aromatic nitrogens is 1. The van der Waals surface area contributed by atoms with Crippen LogP contribution in [0.1, 0.15) is 71.4 Å². The molecule has 0 atom stereocenters. The summed E-state index contributed by atoms with van der Waals surface area (Å²) >= 11 is 0. The van der Waals surface area contributed by atoms with Crippen molar-refractivity contribution in [3.63, 3.8) is 0 Å². The van der Waals surface area contributed by atoms with Crippen LogP contribution in [0.4, 0.5) is 5.69 Å². The molecule has 2 heterocycles. The number of benzene rings is 1. The summed E-state index contributed by atoms with van der Waals surface area (Å²) in [6.07, 6.45) is 10.4. The van der Waals surface area contributed by atoms with Crippen molar-refractivity contribution >= 4 is 17.5 Å². The highest BCUT2D eigenvalue weighted by molar-refractivity contribution is 6.07. The van der Waals surface area contributed by atoms with Gasteiger partial charge in [0.05, 0.1) is 0 Å². The lowest BCUT2D eigenvalue weighted by Crippen LogP contribution is -2.37. The number of aryl methyl sites for hydroxylation is 1. The molecule has 1 N–H and O–H groups in total. The molecule has 0 bridgehead atoms. The minimum Gasteiger partial charge on any atom is -0.349 e. The molecule has 2 aromatic rings. The summed E-state index contributed by atoms with van der Waals surface area (Å²) in [6, 6.07) is 11.6. The number of amides is 2. The Morgan fingerprint density at radius 1 is 1.00 bits per heavy atom. The van der Waals surface area contributed by atoms with E-state index in [9.17, 15) is 9.59 Å². The number of hydrogen-bond acceptors (Lipinski definition) is 3. The fourth-order valence-electron chi connectivity index (χ4n) is 4.26. The quantitative estimate of drug-likeness (QED) is 0.818. The van der Waals surface area contributed by atoms with Gasteiger partial charge in [-0.2, -0.15) is 0 Å². The van der Waals surface area contributed by atoms with E-state index in [-0.39, 0.29) is 17.9 Å². The number of anilines is 1. The van der Waals surface area contributed by atoms with E-state index in [0.29, 0.717) is 17.8 Å². The Morgan fingerprint density at radius 2 is 1.79 bits per heavy atom. The van der Waals surface area contributed by atoms with Gasteiger partial charge in [-0.25, -0.2) is 0 Å². The number of rotatable bonds is 3. The molecule has 1 aliphatic heterocycles. The fraction of sp³-hybridized carbons (Fsp3) is 0.435. The number of carbonyl (C=O) groups excluding carboxylic acids is 2. The second-order valence-corrected chi connectivity index (χ2v) is 7.78. The van der Waals surface area contributed by atoms with Gasteiger partial charge in [0.25, 0.3) is 11.8 Å². The van der Waals surface area contributed by atoms with Crippen LogP contribution in [0.2, 0.25) is 0 Å². The molecule has 0 spiro atoms. The Bertz CT molecular complexity index is 856. The van der Waals surface area contributed by atoms with E-state index in [2.05, 4.69) is 16.4 Å². The number of fused-ring (bicyclic) bond motifs is 1. The van der Waals surface area contributed by atoms with Gasteiger partial charge >= 0.3 is 0 Å². The van der Waals surface area contributed by atoms with Gasteiger partial charge in [-0.3, -0.25) is 14.6 Å². The lowest BCUT2D eigenvalue weighted by Gasteiger charge is -2.29. The molecule has 146 valence electrons. The maximum absolute atomic E-state index is 13.1. The Hall–Kier alpha value is -2.69. The van der Waals surface area contributed by atoms with E-state index < -0.39 is 0 Å². The Morgan fingerprint density at radius 3 is 2.61 bits per heavy atom. The molecule has 1 fully saturated rings. The molecule has 0 unspecified atom stereocenters. The molecule has 2 amide bonds. The van der Waals surface area contributed by atoms with Crippen LogP contribution in [-0.4, -0.2) is 29.4 Å². The molecule has 1 aromatic carbocycles. The van der Waals surface area contributed by atoms with E-state index in [4.69, 9.17) is 0 Å². The molecule has 0 saturated heterocycles. The zero-order valence-corrected chi connectivity index (χ0v) is 16.2. The minimum absolute atomic E-state index is 0.109. The Balaban J connectivity index is 1.50. The van der Waals surface area contributed by atoms with Crippen LogP contribution in [0.3, 0.4) is 0 Å². The number of nitrogens with one attached hydrogen (secondary N) is 1. The highest BCUT2D eigenvalue weighted by atomic mass is 16.2. The lowest BCUT2D eigenvalue weighted by molar-refractivity contribution is 0.0933. The molecular formula is C23H27N3O2. The molecule has 1 aliphatic carbocycles. The summed E-state index contributed by atoms with van der Waals surface area (Å²) in [5, 5.41) is 3.14. The summed E-state index contributed by atoms with van der Waals surface area (Å²) in [5.41, 5.74) is 2.97. The Kier molecular flexibility index (Phi) is 5.70. The van der Waals surface area contributed by atoms with Crippen molar-refractivity contribution in [2.45, 2.75) is 57.4 Å². The molecule has 0 radical (unpaired) electrons. The molecular weight excluding hydrogens is 350 g/mol. The number of carbonyl (C=O) groups is 2. The molecule has 5 nitrogen and oxygen atoms in total. The van der Waals surface area contributed by atoms with E-state index in [1.165, 1.54) is 31.2 Å². The van der Waals surface area contributed by atoms with Crippen molar-refractivity contribution in [3.8, 4) is 0 Å². The first-order chi connectivity index (χ1) is 13.7. The van der Waals surface area contributed by atoms with Crippen molar-refractivity contribution in [1.82, 2.24) is 10.3 Å².